The van der Waals surface area contributed by atoms with E-state index in [0.29, 0.717) is 0 Å². The maximum Gasteiger partial charge on any atom is 0.499 e. The first-order chi connectivity index (χ1) is 8.64. The second-order valence-corrected chi connectivity index (χ2v) is 5.50. The minimum Gasteiger partial charge on any atom is -0.478 e. The molecule has 1 aliphatic rings. The minimum absolute atomic E-state index is 0.00134. The number of carboxylic acid groups (broad SMARTS) is 1. The number of pyridine rings is 1. The molecule has 19 heavy (non-hydrogen) atoms. The van der Waals surface area contributed by atoms with Crippen molar-refractivity contribution in [3.8, 4) is 0 Å². The fourth-order valence-electron chi connectivity index (χ4n) is 1.72. The number of carboxylic acids is 1. The molecule has 7 heteroatoms. The van der Waals surface area contributed by atoms with Crippen molar-refractivity contribution in [3.05, 3.63) is 23.8 Å². The van der Waals surface area contributed by atoms with Crippen LogP contribution in [-0.2, 0) is 9.31 Å². The average Bonchev–Trinajstić information content (AvgIpc) is 2.48. The van der Waals surface area contributed by atoms with E-state index in [9.17, 15) is 9.18 Å². The van der Waals surface area contributed by atoms with Gasteiger partial charge in [0.25, 0.3) is 0 Å². The van der Waals surface area contributed by atoms with Crippen LogP contribution >= 0.6 is 0 Å². The Morgan fingerprint density at radius 3 is 2.32 bits per heavy atom. The summed E-state index contributed by atoms with van der Waals surface area (Å²) in [5.41, 5.74) is -1.35. The van der Waals surface area contributed by atoms with Crippen LogP contribution in [0.2, 0.25) is 0 Å². The molecule has 0 spiro atoms. The predicted octanol–water partition coefficient (Wildman–Crippen LogP) is 1.22. The van der Waals surface area contributed by atoms with Gasteiger partial charge in [0.1, 0.15) is 0 Å². The van der Waals surface area contributed by atoms with Gasteiger partial charge in [-0.2, -0.15) is 4.39 Å². The van der Waals surface area contributed by atoms with Crippen molar-refractivity contribution in [2.24, 2.45) is 0 Å². The molecule has 1 fully saturated rings. The summed E-state index contributed by atoms with van der Waals surface area (Å²) >= 11 is 0. The van der Waals surface area contributed by atoms with E-state index in [1.54, 1.807) is 0 Å². The molecule has 1 N–H and O–H groups in total. The molecular formula is C12H15BFNO4. The Kier molecular flexibility index (Phi) is 3.14. The third-order valence-electron chi connectivity index (χ3n) is 3.62. The molecule has 0 radical (unpaired) electrons. The van der Waals surface area contributed by atoms with Crippen LogP contribution in [0.5, 0.6) is 0 Å². The summed E-state index contributed by atoms with van der Waals surface area (Å²) in [7, 11) is -0.961. The SMILES string of the molecule is CC1(C)OB(c2cc(C(=O)O)cnc2F)OC1(C)C. The van der Waals surface area contributed by atoms with E-state index in [1.165, 1.54) is 6.07 Å². The molecular weight excluding hydrogens is 252 g/mol. The number of aromatic nitrogens is 1. The Labute approximate surface area is 110 Å². The lowest BCUT2D eigenvalue weighted by molar-refractivity contribution is 0.00578. The van der Waals surface area contributed by atoms with E-state index in [-0.39, 0.29) is 11.0 Å². The molecule has 0 aromatic carbocycles. The molecule has 2 rings (SSSR count). The number of rotatable bonds is 2. The van der Waals surface area contributed by atoms with Crippen LogP contribution in [0.1, 0.15) is 38.1 Å². The zero-order chi connectivity index (χ0) is 14.4. The second kappa shape index (κ2) is 4.28. The van der Waals surface area contributed by atoms with Crippen molar-refractivity contribution in [1.82, 2.24) is 4.98 Å². The van der Waals surface area contributed by atoms with Crippen LogP contribution in [0.4, 0.5) is 4.39 Å². The van der Waals surface area contributed by atoms with Crippen molar-refractivity contribution in [2.45, 2.75) is 38.9 Å². The molecule has 1 aromatic rings. The van der Waals surface area contributed by atoms with Crippen LogP contribution in [-0.4, -0.2) is 34.4 Å². The summed E-state index contributed by atoms with van der Waals surface area (Å²) in [6, 6.07) is 1.19. The maximum absolute atomic E-state index is 13.7. The maximum atomic E-state index is 13.7. The van der Waals surface area contributed by atoms with Gasteiger partial charge in [0.15, 0.2) is 0 Å². The molecule has 1 aliphatic heterocycles. The van der Waals surface area contributed by atoms with Gasteiger partial charge in [0.2, 0.25) is 5.95 Å². The van der Waals surface area contributed by atoms with Gasteiger partial charge in [0.05, 0.1) is 16.8 Å². The Balaban J connectivity index is 2.39. The molecule has 0 bridgehead atoms. The molecule has 0 aliphatic carbocycles. The van der Waals surface area contributed by atoms with Gasteiger partial charge < -0.3 is 14.4 Å². The Bertz CT molecular complexity index is 516. The summed E-state index contributed by atoms with van der Waals surface area (Å²) in [4.78, 5) is 14.3. The molecule has 2 heterocycles. The second-order valence-electron chi connectivity index (χ2n) is 5.50. The standard InChI is InChI=1S/C12H15BFNO4/c1-11(2)12(3,4)19-13(18-11)8-5-7(10(16)17)6-15-9(8)14/h5-6H,1-4H3,(H,16,17). The lowest BCUT2D eigenvalue weighted by Gasteiger charge is -2.32. The molecule has 0 atom stereocenters. The van der Waals surface area contributed by atoms with Gasteiger partial charge in [-0.1, -0.05) is 0 Å². The fraction of sp³-hybridized carbons (Fsp3) is 0.500. The molecule has 0 amide bonds. The van der Waals surface area contributed by atoms with E-state index in [0.717, 1.165) is 6.20 Å². The topological polar surface area (TPSA) is 68.7 Å². The monoisotopic (exact) mass is 267 g/mol. The lowest BCUT2D eigenvalue weighted by Crippen LogP contribution is -2.41. The summed E-state index contributed by atoms with van der Waals surface area (Å²) < 4.78 is 25.1. The van der Waals surface area contributed by atoms with E-state index in [4.69, 9.17) is 14.4 Å². The highest BCUT2D eigenvalue weighted by Gasteiger charge is 2.52. The highest BCUT2D eigenvalue weighted by molar-refractivity contribution is 6.62. The summed E-state index contributed by atoms with van der Waals surface area (Å²) in [5, 5.41) is 8.90. The summed E-state index contributed by atoms with van der Waals surface area (Å²) in [5.74, 6) is -1.96. The van der Waals surface area contributed by atoms with Crippen molar-refractivity contribution in [2.75, 3.05) is 0 Å². The Morgan fingerprint density at radius 1 is 1.32 bits per heavy atom. The van der Waals surface area contributed by atoms with E-state index in [2.05, 4.69) is 4.98 Å². The van der Waals surface area contributed by atoms with Gasteiger partial charge >= 0.3 is 13.1 Å². The molecule has 1 aromatic heterocycles. The number of nitrogens with zero attached hydrogens (tertiary/aromatic N) is 1. The fourth-order valence-corrected chi connectivity index (χ4v) is 1.72. The highest BCUT2D eigenvalue weighted by Crippen LogP contribution is 2.36. The Hall–Kier alpha value is -1.47. The van der Waals surface area contributed by atoms with Crippen LogP contribution in [0.25, 0.3) is 0 Å². The van der Waals surface area contributed by atoms with E-state index >= 15 is 0 Å². The first-order valence-corrected chi connectivity index (χ1v) is 5.88. The third kappa shape index (κ3) is 2.35. The molecule has 1 saturated heterocycles. The van der Waals surface area contributed by atoms with Crippen LogP contribution in [0.3, 0.4) is 0 Å². The minimum atomic E-state index is -1.18. The largest absolute Gasteiger partial charge is 0.499 e. The number of aromatic carboxylic acids is 1. The number of hydrogen-bond acceptors (Lipinski definition) is 4. The first-order valence-electron chi connectivity index (χ1n) is 5.88. The normalized spacial score (nSPS) is 20.6. The van der Waals surface area contributed by atoms with Crippen molar-refractivity contribution in [1.29, 1.82) is 0 Å². The summed E-state index contributed by atoms with van der Waals surface area (Å²) in [6.07, 6.45) is 0.965. The molecule has 0 saturated carbocycles. The number of hydrogen-bond donors (Lipinski definition) is 1. The van der Waals surface area contributed by atoms with Gasteiger partial charge in [0, 0.05) is 11.7 Å². The van der Waals surface area contributed by atoms with Crippen molar-refractivity contribution in [3.63, 3.8) is 0 Å². The predicted molar refractivity (Wildman–Crippen MR) is 66.9 cm³/mol. The van der Waals surface area contributed by atoms with E-state index in [1.807, 2.05) is 27.7 Å². The third-order valence-corrected chi connectivity index (χ3v) is 3.62. The van der Waals surface area contributed by atoms with Crippen LogP contribution < -0.4 is 5.46 Å². The van der Waals surface area contributed by atoms with Crippen molar-refractivity contribution < 1.29 is 23.6 Å². The van der Waals surface area contributed by atoms with Crippen molar-refractivity contribution >= 4 is 18.6 Å². The quantitative estimate of drug-likeness (QED) is 0.644. The lowest BCUT2D eigenvalue weighted by atomic mass is 9.79. The number of halogens is 1. The van der Waals surface area contributed by atoms with Crippen LogP contribution in [0.15, 0.2) is 12.3 Å². The molecule has 5 nitrogen and oxygen atoms in total. The highest BCUT2D eigenvalue weighted by atomic mass is 19.1. The van der Waals surface area contributed by atoms with Gasteiger partial charge in [-0.3, -0.25) is 0 Å². The van der Waals surface area contributed by atoms with Crippen LogP contribution in [0, 0.1) is 5.95 Å². The van der Waals surface area contributed by atoms with Gasteiger partial charge in [-0.15, -0.1) is 0 Å². The van der Waals surface area contributed by atoms with Gasteiger partial charge in [-0.05, 0) is 33.8 Å². The zero-order valence-corrected chi connectivity index (χ0v) is 11.2. The van der Waals surface area contributed by atoms with E-state index < -0.39 is 30.2 Å². The Morgan fingerprint density at radius 2 is 1.84 bits per heavy atom. The molecule has 0 unspecified atom stereocenters. The molecule has 102 valence electrons. The average molecular weight is 267 g/mol. The zero-order valence-electron chi connectivity index (χ0n) is 11.2. The number of carbonyl (C=O) groups is 1. The first kappa shape index (κ1) is 14.0. The smallest absolute Gasteiger partial charge is 0.478 e. The van der Waals surface area contributed by atoms with Gasteiger partial charge in [-0.25, -0.2) is 9.78 Å². The summed E-state index contributed by atoms with van der Waals surface area (Å²) in [6.45, 7) is 7.33.